The summed E-state index contributed by atoms with van der Waals surface area (Å²) < 4.78 is 50.9. The fraction of sp³-hybridized carbons (Fsp3) is 0.130. The van der Waals surface area contributed by atoms with Crippen LogP contribution in [0.2, 0.25) is 0 Å². The molecule has 0 saturated carbocycles. The number of fused-ring (bicyclic) bond motifs is 1. The van der Waals surface area contributed by atoms with Gasteiger partial charge in [0.15, 0.2) is 11.5 Å². The first-order chi connectivity index (χ1) is 19.2. The van der Waals surface area contributed by atoms with Crippen molar-refractivity contribution in [2.45, 2.75) is 12.8 Å². The Morgan fingerprint density at radius 3 is 2.60 bits per heavy atom. The van der Waals surface area contributed by atoms with Crippen LogP contribution in [-0.4, -0.2) is 47.0 Å². The van der Waals surface area contributed by atoms with Crippen LogP contribution in [0.4, 0.5) is 19.4 Å². The van der Waals surface area contributed by atoms with E-state index in [0.29, 0.717) is 22.5 Å². The summed E-state index contributed by atoms with van der Waals surface area (Å²) in [6, 6.07) is 7.83. The quantitative estimate of drug-likeness (QED) is 0.129. The molecule has 4 aromatic heterocycles. The van der Waals surface area contributed by atoms with Gasteiger partial charge in [-0.1, -0.05) is 6.07 Å². The van der Waals surface area contributed by atoms with Crippen LogP contribution in [0.15, 0.2) is 61.3 Å². The number of phosphoric ester groups is 1. The van der Waals surface area contributed by atoms with Gasteiger partial charge in [0.2, 0.25) is 0 Å². The van der Waals surface area contributed by atoms with Gasteiger partial charge < -0.3 is 23.6 Å². The average Bonchev–Trinajstić information content (AvgIpc) is 3.65. The molecule has 204 valence electrons. The zero-order chi connectivity index (χ0) is 28.0. The van der Waals surface area contributed by atoms with Gasteiger partial charge in [0.1, 0.15) is 43.2 Å². The molecular weight excluding hydrogens is 599 g/mol. The molecule has 6 rings (SSSR count). The molecule has 19 heteroatoms. The zero-order valence-electron chi connectivity index (χ0n) is 22.0. The van der Waals surface area contributed by atoms with E-state index in [2.05, 4.69) is 29.7 Å². The number of benzene rings is 1. The fourth-order valence-electron chi connectivity index (χ4n) is 4.15. The van der Waals surface area contributed by atoms with E-state index in [4.69, 9.17) is 4.74 Å². The van der Waals surface area contributed by atoms with Gasteiger partial charge >= 0.3 is 65.2 Å². The smallest absolute Gasteiger partial charge is 0.790 e. The molecule has 1 amide bonds. The minimum absolute atomic E-state index is 0. The van der Waals surface area contributed by atoms with E-state index in [1.807, 2.05) is 0 Å². The number of rotatable bonds is 7. The molecule has 1 aliphatic heterocycles. The summed E-state index contributed by atoms with van der Waals surface area (Å²) in [4.78, 5) is 47.8. The van der Waals surface area contributed by atoms with Gasteiger partial charge in [-0.2, -0.15) is 5.10 Å². The van der Waals surface area contributed by atoms with E-state index in [9.17, 15) is 23.5 Å². The second-order valence-electron chi connectivity index (χ2n) is 8.48. The maximum absolute atomic E-state index is 15.1. The van der Waals surface area contributed by atoms with Crippen molar-refractivity contribution in [3.05, 3.63) is 78.6 Å². The van der Waals surface area contributed by atoms with Crippen molar-refractivity contribution < 1.29 is 96.3 Å². The van der Waals surface area contributed by atoms with E-state index >= 15 is 4.39 Å². The summed E-state index contributed by atoms with van der Waals surface area (Å²) in [6.07, 6.45) is 4.54. The summed E-state index contributed by atoms with van der Waals surface area (Å²) in [6.45, 7) is -0.706. The number of halogens is 2. The largest absolute Gasteiger partial charge is 1.00 e. The fourth-order valence-corrected chi connectivity index (χ4v) is 4.41. The maximum Gasteiger partial charge on any atom is 1.00 e. The Kier molecular flexibility index (Phi) is 9.94. The number of amides is 1. The van der Waals surface area contributed by atoms with Gasteiger partial charge in [-0.3, -0.25) is 4.98 Å². The van der Waals surface area contributed by atoms with E-state index in [1.54, 1.807) is 18.3 Å². The SMILES string of the molecule is O=C1OC[C@H](c2ccc(F)cn2)N1c1ccn2ncc(-c3ccc(-c4ncn(COP(=O)([O-])[O-])n4)c(F)c3)c2n1.[Na+].[Na+]. The Labute approximate surface area is 279 Å². The normalized spacial score (nSPS) is 14.9. The number of hydrogen-bond donors (Lipinski definition) is 0. The first-order valence-corrected chi connectivity index (χ1v) is 12.9. The summed E-state index contributed by atoms with van der Waals surface area (Å²) in [5.74, 6) is -1.05. The number of pyridine rings is 1. The van der Waals surface area contributed by atoms with Gasteiger partial charge in [0.25, 0.3) is 0 Å². The van der Waals surface area contributed by atoms with Gasteiger partial charge in [-0.05, 0) is 35.9 Å². The molecule has 42 heavy (non-hydrogen) atoms. The van der Waals surface area contributed by atoms with Crippen molar-refractivity contribution in [2.24, 2.45) is 0 Å². The van der Waals surface area contributed by atoms with Crippen LogP contribution in [0.1, 0.15) is 11.7 Å². The second-order valence-corrected chi connectivity index (χ2v) is 9.64. The van der Waals surface area contributed by atoms with Crippen LogP contribution in [0.5, 0.6) is 0 Å². The molecule has 0 radical (unpaired) electrons. The molecule has 1 atom stereocenters. The van der Waals surface area contributed by atoms with Crippen molar-refractivity contribution in [3.63, 3.8) is 0 Å². The van der Waals surface area contributed by atoms with Crippen molar-refractivity contribution >= 4 is 25.4 Å². The molecule has 0 spiro atoms. The number of cyclic esters (lactones) is 1. The minimum Gasteiger partial charge on any atom is -0.790 e. The van der Waals surface area contributed by atoms with Crippen LogP contribution in [-0.2, 0) is 20.6 Å². The molecule has 5 aromatic rings. The third-order valence-corrected chi connectivity index (χ3v) is 6.40. The zero-order valence-corrected chi connectivity index (χ0v) is 26.9. The molecule has 0 aliphatic carbocycles. The van der Waals surface area contributed by atoms with Gasteiger partial charge in [0.05, 0.1) is 31.5 Å². The molecule has 1 saturated heterocycles. The topological polar surface area (TPSA) is 176 Å². The van der Waals surface area contributed by atoms with E-state index in [1.165, 1.54) is 39.9 Å². The Balaban J connectivity index is 0.00000202. The molecular formula is C23H15F2N8Na2O6P. The monoisotopic (exact) mass is 614 g/mol. The third kappa shape index (κ3) is 6.63. The Morgan fingerprint density at radius 2 is 1.88 bits per heavy atom. The molecule has 1 aromatic carbocycles. The molecule has 0 N–H and O–H groups in total. The number of aromatic nitrogens is 7. The Hall–Kier alpha value is -2.63. The number of nitrogens with zero attached hydrogens (tertiary/aromatic N) is 8. The van der Waals surface area contributed by atoms with Crippen molar-refractivity contribution in [1.29, 1.82) is 0 Å². The average molecular weight is 614 g/mol. The van der Waals surface area contributed by atoms with Crippen molar-refractivity contribution in [1.82, 2.24) is 34.3 Å². The summed E-state index contributed by atoms with van der Waals surface area (Å²) in [5, 5.41) is 8.17. The standard InChI is InChI=1S/C23H17F2N8O6P.2Na/c24-14-2-4-18(26-8-14)19-10-38-23(34)33(19)20-5-6-32-22(29-20)16(9-28-32)13-1-3-15(17(25)7-13)21-27-11-31(30-21)12-39-40(35,36)37;;/h1-9,11,19H,10,12H2,(H2,35,36,37);;/q;2*+1/p-2/t19-;;/m1../s1. The van der Waals surface area contributed by atoms with E-state index in [-0.39, 0.29) is 82.9 Å². The van der Waals surface area contributed by atoms with Crippen LogP contribution >= 0.6 is 7.82 Å². The molecule has 1 aliphatic rings. The third-order valence-electron chi connectivity index (χ3n) is 5.97. The predicted octanol–water partition coefficient (Wildman–Crippen LogP) is -4.16. The first-order valence-electron chi connectivity index (χ1n) is 11.4. The minimum atomic E-state index is -5.22. The van der Waals surface area contributed by atoms with E-state index in [0.717, 1.165) is 17.2 Å². The van der Waals surface area contributed by atoms with Crippen molar-refractivity contribution in [2.75, 3.05) is 11.5 Å². The number of anilines is 1. The number of carbonyl (C=O) groups is 1. The number of phosphoric acid groups is 1. The molecule has 0 unspecified atom stereocenters. The van der Waals surface area contributed by atoms with E-state index < -0.39 is 38.3 Å². The molecule has 1 fully saturated rings. The number of hydrogen-bond acceptors (Lipinski definition) is 11. The summed E-state index contributed by atoms with van der Waals surface area (Å²) >= 11 is 0. The Bertz CT molecular complexity index is 1800. The number of carbonyl (C=O) groups excluding carboxylic acids is 1. The summed E-state index contributed by atoms with van der Waals surface area (Å²) in [5.41, 5.74) is 1.59. The predicted molar refractivity (Wildman–Crippen MR) is 127 cm³/mol. The second kappa shape index (κ2) is 12.9. The van der Waals surface area contributed by atoms with Gasteiger partial charge in [0, 0.05) is 11.8 Å². The van der Waals surface area contributed by atoms with Crippen LogP contribution in [0, 0.1) is 11.6 Å². The maximum atomic E-state index is 15.1. The van der Waals surface area contributed by atoms with Crippen LogP contribution < -0.4 is 73.8 Å². The Morgan fingerprint density at radius 1 is 1.07 bits per heavy atom. The first kappa shape index (κ1) is 32.3. The van der Waals surface area contributed by atoms with Crippen LogP contribution in [0.25, 0.3) is 28.2 Å². The molecule has 0 bridgehead atoms. The summed E-state index contributed by atoms with van der Waals surface area (Å²) in [7, 11) is -5.22. The van der Waals surface area contributed by atoms with Crippen LogP contribution in [0.3, 0.4) is 0 Å². The van der Waals surface area contributed by atoms with Gasteiger partial charge in [-0.25, -0.2) is 37.6 Å². The molecule has 5 heterocycles. The van der Waals surface area contributed by atoms with Crippen molar-refractivity contribution in [3.8, 4) is 22.5 Å². The molecule has 14 nitrogen and oxygen atoms in total. The van der Waals surface area contributed by atoms with Gasteiger partial charge in [-0.15, -0.1) is 5.10 Å². The number of ether oxygens (including phenoxy) is 1.